The predicted octanol–water partition coefficient (Wildman–Crippen LogP) is 6.06. The van der Waals surface area contributed by atoms with Crippen LogP contribution in [0.1, 0.15) is 39.5 Å². The number of rotatable bonds is 12. The maximum Gasteiger partial charge on any atom is 0.271 e. The SMILES string of the molecule is CCOc1cc(C(=O)N/N=C/c2ccc(OCC(=O)Nc3ccc(C)cc3C)cc2)ccc1OCc1ccccc1. The number of nitrogens with one attached hydrogen (secondary N) is 2. The minimum absolute atomic E-state index is 0.114. The van der Waals surface area contributed by atoms with Gasteiger partial charge in [0.05, 0.1) is 12.8 Å². The summed E-state index contributed by atoms with van der Waals surface area (Å²) in [6.45, 7) is 6.53. The van der Waals surface area contributed by atoms with Crippen LogP contribution in [-0.2, 0) is 11.4 Å². The molecule has 0 radical (unpaired) electrons. The van der Waals surface area contributed by atoms with E-state index in [9.17, 15) is 9.59 Å². The van der Waals surface area contributed by atoms with Crippen molar-refractivity contribution in [2.45, 2.75) is 27.4 Å². The first kappa shape index (κ1) is 28.9. The first-order valence-electron chi connectivity index (χ1n) is 13.3. The largest absolute Gasteiger partial charge is 0.490 e. The van der Waals surface area contributed by atoms with Gasteiger partial charge in [-0.2, -0.15) is 5.10 Å². The van der Waals surface area contributed by atoms with Gasteiger partial charge in [-0.05, 0) is 86.0 Å². The van der Waals surface area contributed by atoms with Crippen LogP contribution < -0.4 is 25.0 Å². The summed E-state index contributed by atoms with van der Waals surface area (Å²) in [5.74, 6) is 0.958. The van der Waals surface area contributed by atoms with E-state index in [0.717, 1.165) is 27.9 Å². The van der Waals surface area contributed by atoms with Gasteiger partial charge < -0.3 is 19.5 Å². The third-order valence-electron chi connectivity index (χ3n) is 6.03. The zero-order valence-corrected chi connectivity index (χ0v) is 23.3. The van der Waals surface area contributed by atoms with Crippen LogP contribution in [-0.4, -0.2) is 31.2 Å². The number of hydrogen-bond acceptors (Lipinski definition) is 6. The van der Waals surface area contributed by atoms with Crippen molar-refractivity contribution < 1.29 is 23.8 Å². The molecule has 41 heavy (non-hydrogen) atoms. The molecule has 0 bridgehead atoms. The minimum Gasteiger partial charge on any atom is -0.490 e. The van der Waals surface area contributed by atoms with Gasteiger partial charge in [-0.15, -0.1) is 0 Å². The van der Waals surface area contributed by atoms with Gasteiger partial charge in [0.15, 0.2) is 18.1 Å². The number of amides is 2. The van der Waals surface area contributed by atoms with Crippen molar-refractivity contribution >= 4 is 23.7 Å². The number of ether oxygens (including phenoxy) is 3. The Bertz CT molecular complexity index is 1500. The molecular formula is C33H33N3O5. The van der Waals surface area contributed by atoms with Crippen LogP contribution in [0.2, 0.25) is 0 Å². The summed E-state index contributed by atoms with van der Waals surface area (Å²) in [6, 6.07) is 27.7. The standard InChI is InChI=1S/C33H33N3O5/c1-4-39-31-19-27(13-17-30(31)41-21-26-8-6-5-7-9-26)33(38)36-34-20-25-11-14-28(15-12-25)40-22-32(37)35-29-16-10-23(2)18-24(29)3/h5-20H,4,21-22H2,1-3H3,(H,35,37)(H,36,38)/b34-20+. The summed E-state index contributed by atoms with van der Waals surface area (Å²) in [5, 5.41) is 6.91. The lowest BCUT2D eigenvalue weighted by Crippen LogP contribution is -2.20. The highest BCUT2D eigenvalue weighted by atomic mass is 16.5. The number of aryl methyl sites for hydroxylation is 2. The van der Waals surface area contributed by atoms with E-state index < -0.39 is 0 Å². The fourth-order valence-electron chi connectivity index (χ4n) is 3.94. The van der Waals surface area contributed by atoms with E-state index in [1.54, 1.807) is 42.5 Å². The van der Waals surface area contributed by atoms with Crippen LogP contribution in [0, 0.1) is 13.8 Å². The van der Waals surface area contributed by atoms with Gasteiger partial charge >= 0.3 is 0 Å². The molecule has 4 aromatic carbocycles. The van der Waals surface area contributed by atoms with Crippen LogP contribution in [0.4, 0.5) is 5.69 Å². The molecule has 8 heteroatoms. The average Bonchev–Trinajstić information content (AvgIpc) is 2.98. The van der Waals surface area contributed by atoms with Gasteiger partial charge in [0.25, 0.3) is 11.8 Å². The first-order valence-corrected chi connectivity index (χ1v) is 13.3. The third-order valence-corrected chi connectivity index (χ3v) is 6.03. The summed E-state index contributed by atoms with van der Waals surface area (Å²) >= 11 is 0. The summed E-state index contributed by atoms with van der Waals surface area (Å²) < 4.78 is 17.2. The number of nitrogens with zero attached hydrogens (tertiary/aromatic N) is 1. The molecule has 0 atom stereocenters. The fraction of sp³-hybridized carbons (Fsp3) is 0.182. The van der Waals surface area contributed by atoms with Gasteiger partial charge in [-0.1, -0.05) is 48.0 Å². The highest BCUT2D eigenvalue weighted by molar-refractivity contribution is 5.95. The summed E-state index contributed by atoms with van der Waals surface area (Å²) in [5.41, 5.74) is 7.59. The minimum atomic E-state index is -0.383. The number of anilines is 1. The second-order valence-electron chi connectivity index (χ2n) is 9.29. The third kappa shape index (κ3) is 8.69. The van der Waals surface area contributed by atoms with Gasteiger partial charge in [-0.25, -0.2) is 5.43 Å². The molecule has 0 aliphatic carbocycles. The number of hydrazone groups is 1. The second-order valence-corrected chi connectivity index (χ2v) is 9.29. The number of carbonyl (C=O) groups is 2. The molecule has 0 aliphatic rings. The molecule has 2 amide bonds. The van der Waals surface area contributed by atoms with E-state index in [-0.39, 0.29) is 18.4 Å². The number of benzene rings is 4. The Balaban J connectivity index is 1.27. The van der Waals surface area contributed by atoms with Gasteiger partial charge in [0.1, 0.15) is 12.4 Å². The Labute approximate surface area is 240 Å². The van der Waals surface area contributed by atoms with Crippen molar-refractivity contribution in [3.05, 3.63) is 119 Å². The van der Waals surface area contributed by atoms with Crippen LogP contribution >= 0.6 is 0 Å². The van der Waals surface area contributed by atoms with Crippen molar-refractivity contribution in [2.24, 2.45) is 5.10 Å². The highest BCUT2D eigenvalue weighted by Crippen LogP contribution is 2.29. The van der Waals surface area contributed by atoms with E-state index in [1.165, 1.54) is 6.21 Å². The second kappa shape index (κ2) is 14.3. The molecule has 210 valence electrons. The zero-order chi connectivity index (χ0) is 29.0. The molecular weight excluding hydrogens is 518 g/mol. The van der Waals surface area contributed by atoms with Crippen LogP contribution in [0.15, 0.2) is 96.1 Å². The van der Waals surface area contributed by atoms with Gasteiger partial charge in [0, 0.05) is 11.3 Å². The molecule has 0 aromatic heterocycles. The Morgan fingerprint density at radius 3 is 2.34 bits per heavy atom. The predicted molar refractivity (Wildman–Crippen MR) is 160 cm³/mol. The molecule has 8 nitrogen and oxygen atoms in total. The average molecular weight is 552 g/mol. The van der Waals surface area contributed by atoms with Crippen LogP contribution in [0.5, 0.6) is 17.2 Å². The van der Waals surface area contributed by atoms with E-state index >= 15 is 0 Å². The molecule has 0 spiro atoms. The van der Waals surface area contributed by atoms with Crippen molar-refractivity contribution in [3.8, 4) is 17.2 Å². The fourth-order valence-corrected chi connectivity index (χ4v) is 3.94. The molecule has 0 saturated carbocycles. The van der Waals surface area contributed by atoms with Crippen molar-refractivity contribution in [1.29, 1.82) is 0 Å². The van der Waals surface area contributed by atoms with E-state index in [2.05, 4.69) is 15.8 Å². The van der Waals surface area contributed by atoms with Gasteiger partial charge in [0.2, 0.25) is 0 Å². The van der Waals surface area contributed by atoms with Crippen molar-refractivity contribution in [1.82, 2.24) is 5.43 Å². The number of carbonyl (C=O) groups excluding carboxylic acids is 2. The van der Waals surface area contributed by atoms with E-state index in [0.29, 0.717) is 36.0 Å². The Morgan fingerprint density at radius 1 is 0.829 bits per heavy atom. The molecule has 0 fully saturated rings. The molecule has 4 rings (SSSR count). The van der Waals surface area contributed by atoms with E-state index in [1.807, 2.05) is 69.3 Å². The van der Waals surface area contributed by atoms with Crippen molar-refractivity contribution in [2.75, 3.05) is 18.5 Å². The molecule has 0 aliphatic heterocycles. The lowest BCUT2D eigenvalue weighted by atomic mass is 10.1. The number of hydrogen-bond donors (Lipinski definition) is 2. The zero-order valence-electron chi connectivity index (χ0n) is 23.3. The molecule has 0 saturated heterocycles. The normalized spacial score (nSPS) is 10.7. The van der Waals surface area contributed by atoms with Crippen molar-refractivity contribution in [3.63, 3.8) is 0 Å². The quantitative estimate of drug-likeness (QED) is 0.165. The lowest BCUT2D eigenvalue weighted by Gasteiger charge is -2.13. The summed E-state index contributed by atoms with van der Waals surface area (Å²) in [7, 11) is 0. The highest BCUT2D eigenvalue weighted by Gasteiger charge is 2.12. The topological polar surface area (TPSA) is 98.3 Å². The lowest BCUT2D eigenvalue weighted by molar-refractivity contribution is -0.118. The van der Waals surface area contributed by atoms with Crippen LogP contribution in [0.3, 0.4) is 0 Å². The Kier molecular flexibility index (Phi) is 10.1. The molecule has 0 unspecified atom stereocenters. The molecule has 2 N–H and O–H groups in total. The van der Waals surface area contributed by atoms with Gasteiger partial charge in [-0.3, -0.25) is 9.59 Å². The smallest absolute Gasteiger partial charge is 0.271 e. The maximum absolute atomic E-state index is 12.7. The monoisotopic (exact) mass is 551 g/mol. The maximum atomic E-state index is 12.7. The molecule has 4 aromatic rings. The molecule has 0 heterocycles. The Morgan fingerprint density at radius 2 is 1.61 bits per heavy atom. The van der Waals surface area contributed by atoms with Crippen LogP contribution in [0.25, 0.3) is 0 Å². The summed E-state index contributed by atoms with van der Waals surface area (Å²) in [6.07, 6.45) is 1.52. The summed E-state index contributed by atoms with van der Waals surface area (Å²) in [4.78, 5) is 24.9. The first-order chi connectivity index (χ1) is 19.9. The van der Waals surface area contributed by atoms with E-state index in [4.69, 9.17) is 14.2 Å². The Hall–Kier alpha value is -5.11.